The quantitative estimate of drug-likeness (QED) is 0.140. The van der Waals surface area contributed by atoms with Crippen LogP contribution in [0.5, 0.6) is 5.75 Å². The summed E-state index contributed by atoms with van der Waals surface area (Å²) in [6, 6.07) is 7.31. The Hall–Kier alpha value is -0.955. The number of phenols is 1. The first kappa shape index (κ1) is 27.3. The van der Waals surface area contributed by atoms with Gasteiger partial charge >= 0.3 is 55.4 Å². The van der Waals surface area contributed by atoms with Crippen LogP contribution in [0.3, 0.4) is 0 Å². The van der Waals surface area contributed by atoms with Crippen molar-refractivity contribution in [1.82, 2.24) is 5.48 Å². The van der Waals surface area contributed by atoms with Crippen LogP contribution in [-0.4, -0.2) is 27.0 Å². The van der Waals surface area contributed by atoms with Crippen LogP contribution < -0.4 is 5.48 Å². The Labute approximate surface area is 182 Å². The fraction of sp³-hybridized carbons (Fsp3) is 0.125. The number of nitrogens with one attached hydrogen (secondary N) is 1. The summed E-state index contributed by atoms with van der Waals surface area (Å²) in [5.74, 6) is 0.0685. The number of rotatable bonds is 2. The molecule has 0 unspecified atom stereocenters. The molecule has 0 fully saturated rings. The first-order valence-corrected chi connectivity index (χ1v) is 10.5. The molecular weight excluding hydrogens is 568 g/mol. The van der Waals surface area contributed by atoms with Crippen LogP contribution in [0.25, 0.3) is 0 Å². The normalized spacial score (nSPS) is 14.0. The van der Waals surface area contributed by atoms with Gasteiger partial charge in [-0.1, -0.05) is 19.9 Å². The Balaban J connectivity index is 0. The number of hydrogen-bond acceptors (Lipinski definition) is 6. The zero-order chi connectivity index (χ0) is 20.5. The van der Waals surface area contributed by atoms with Crippen LogP contribution in [0.1, 0.15) is 19.4 Å². The molecule has 0 atom stereocenters. The molecule has 0 aliphatic heterocycles. The summed E-state index contributed by atoms with van der Waals surface area (Å²) in [7, 11) is 8.98. The number of halogens is 2. The Morgan fingerprint density at radius 3 is 2.19 bits per heavy atom. The molecule has 4 N–H and O–H groups in total. The van der Waals surface area contributed by atoms with Gasteiger partial charge in [0.05, 0.1) is 5.78 Å². The third-order valence-corrected chi connectivity index (χ3v) is 2.69. The molecule has 0 spiro atoms. The fourth-order valence-electron chi connectivity index (χ4n) is 1.40. The number of carbonyl (C=O) groups excluding carboxylic acids is 1. The summed E-state index contributed by atoms with van der Waals surface area (Å²) in [5, 5.41) is 28.7. The molecule has 2 rings (SSSR count). The van der Waals surface area contributed by atoms with E-state index >= 15 is 0 Å². The third kappa shape index (κ3) is 11.6. The molecule has 0 saturated carbocycles. The number of hydroxylamine groups is 1. The van der Waals surface area contributed by atoms with Gasteiger partial charge in [0.25, 0.3) is 0 Å². The van der Waals surface area contributed by atoms with Crippen molar-refractivity contribution in [1.29, 1.82) is 0 Å². The third-order valence-electron chi connectivity index (χ3n) is 2.69. The maximum atomic E-state index is 10.6. The van der Waals surface area contributed by atoms with Gasteiger partial charge in [-0.05, 0) is 5.70 Å². The number of hydrogen-bond donors (Lipinski definition) is 4. The van der Waals surface area contributed by atoms with E-state index in [1.54, 1.807) is 26.0 Å². The summed E-state index contributed by atoms with van der Waals surface area (Å²) in [4.78, 5) is 10.6. The number of ketones is 1. The second-order valence-electron chi connectivity index (χ2n) is 4.32. The van der Waals surface area contributed by atoms with Crippen LogP contribution in [0.15, 0.2) is 52.9 Å². The Bertz CT molecular complexity index is 643. The molecule has 26 heavy (non-hydrogen) atoms. The van der Waals surface area contributed by atoms with E-state index in [1.807, 2.05) is 5.48 Å². The zero-order valence-electron chi connectivity index (χ0n) is 13.5. The van der Waals surface area contributed by atoms with Crippen molar-refractivity contribution in [3.8, 4) is 5.75 Å². The van der Waals surface area contributed by atoms with Crippen molar-refractivity contribution in [3.05, 3.63) is 65.4 Å². The molecule has 1 aromatic carbocycles. The minimum absolute atomic E-state index is 0.0838. The van der Waals surface area contributed by atoms with Gasteiger partial charge in [0.1, 0.15) is 0 Å². The van der Waals surface area contributed by atoms with Gasteiger partial charge < -0.3 is 25.8 Å². The van der Waals surface area contributed by atoms with Gasteiger partial charge in [-0.15, -0.1) is 58.8 Å². The van der Waals surface area contributed by atoms with E-state index in [2.05, 4.69) is 72.7 Å². The second-order valence-corrected chi connectivity index (χ2v) is 4.32. The van der Waals surface area contributed by atoms with Gasteiger partial charge in [0, 0.05) is 11.5 Å². The molecule has 1 aliphatic rings. The van der Waals surface area contributed by atoms with Crippen LogP contribution in [-0.2, 0) is 41.2 Å². The number of allylic oxidation sites excluding steroid dienone is 6. The molecule has 10 heteroatoms. The molecule has 0 aromatic heterocycles. The van der Waals surface area contributed by atoms with E-state index in [0.717, 1.165) is 0 Å². The number of nitrogens with zero attached hydrogens (tertiary/aromatic N) is 1. The van der Waals surface area contributed by atoms with Crippen molar-refractivity contribution >= 4 is 30.6 Å². The number of aromatic hydroxyl groups is 1. The van der Waals surface area contributed by atoms with E-state index < -0.39 is 0 Å². The van der Waals surface area contributed by atoms with E-state index in [0.29, 0.717) is 22.5 Å². The van der Waals surface area contributed by atoms with Crippen LogP contribution in [0.4, 0.5) is 0 Å². The van der Waals surface area contributed by atoms with E-state index in [-0.39, 0.29) is 11.5 Å². The number of oxime groups is 1. The molecule has 1 aromatic rings. The number of carbonyl (C=O) groups is 1. The van der Waals surface area contributed by atoms with Crippen molar-refractivity contribution in [2.24, 2.45) is 5.16 Å². The maximum absolute atomic E-state index is 10.6. The Kier molecular flexibility index (Phi) is 18.3. The van der Waals surface area contributed by atoms with Gasteiger partial charge in [-0.25, -0.2) is 0 Å². The number of phenolic OH excluding ortho intramolecular Hbond substituents is 1. The molecule has 6 nitrogen and oxygen atoms in total. The predicted octanol–water partition coefficient (Wildman–Crippen LogP) is 3.50. The predicted molar refractivity (Wildman–Crippen MR) is 92.2 cm³/mol. The van der Waals surface area contributed by atoms with E-state index in [9.17, 15) is 4.79 Å². The molecule has 0 heterocycles. The molecule has 148 valence electrons. The first-order valence-electron chi connectivity index (χ1n) is 6.54. The van der Waals surface area contributed by atoms with Crippen LogP contribution >= 0.6 is 19.1 Å². The van der Waals surface area contributed by atoms with Gasteiger partial charge in [-0.3, -0.25) is 0 Å². The topological polar surface area (TPSA) is 102 Å². The zero-order valence-corrected chi connectivity index (χ0v) is 18.2. The van der Waals surface area contributed by atoms with Crippen molar-refractivity contribution in [2.45, 2.75) is 13.8 Å². The van der Waals surface area contributed by atoms with Gasteiger partial charge in [-0.2, -0.15) is 0 Å². The van der Waals surface area contributed by atoms with Crippen molar-refractivity contribution in [3.63, 3.8) is 0 Å². The molecular formula is C16H16Cl2N2O4Pd2. The van der Waals surface area contributed by atoms with E-state index in [1.165, 1.54) is 24.3 Å². The Morgan fingerprint density at radius 2 is 1.81 bits per heavy atom. The molecule has 0 amide bonds. The molecule has 0 bridgehead atoms. The molecule has 0 saturated heterocycles. The minimum atomic E-state index is -0.0838. The molecule has 1 aliphatic carbocycles. The average molecular weight is 584 g/mol. The van der Waals surface area contributed by atoms with Crippen molar-refractivity contribution < 1.29 is 56.7 Å². The summed E-state index contributed by atoms with van der Waals surface area (Å²) >= 11 is 4.44. The van der Waals surface area contributed by atoms with Gasteiger partial charge in [0.2, 0.25) is 0 Å². The summed E-state index contributed by atoms with van der Waals surface area (Å²) in [6.45, 7) is 3.35. The van der Waals surface area contributed by atoms with Crippen LogP contribution in [0, 0.1) is 12.1 Å². The fourth-order valence-corrected chi connectivity index (χ4v) is 1.40. The van der Waals surface area contributed by atoms with Gasteiger partial charge in [0.15, 0.2) is 0 Å². The Morgan fingerprint density at radius 1 is 1.19 bits per heavy atom. The summed E-state index contributed by atoms with van der Waals surface area (Å²) < 4.78 is 0. The summed E-state index contributed by atoms with van der Waals surface area (Å²) in [5.41, 5.74) is 4.39. The SMILES string of the molecule is C/C(=N\O)c1[c-]cc(O)cc1.C/C(NO)=C1/[C-]=CC(=O)C=C1.[Cl][Pd+].[Cl][Pd+]. The number of benzene rings is 1. The summed E-state index contributed by atoms with van der Waals surface area (Å²) in [6.07, 6.45) is 7.07. The van der Waals surface area contributed by atoms with E-state index in [4.69, 9.17) is 15.5 Å². The molecule has 0 radical (unpaired) electrons. The average Bonchev–Trinajstić information content (AvgIpc) is 2.71. The standard InChI is InChI=1S/2C8H8NO2.2ClH.2Pd/c2*1-6(9-11)7-2-4-8(10)5-3-7;;;;/h2,4-5,10-11H,1H3;2,4-5,9,11H,1H3;2*1H;;/q2*-1;;;2*+2/p-2/b9-6+;7-6-;;;;. The van der Waals surface area contributed by atoms with Crippen molar-refractivity contribution in [2.75, 3.05) is 0 Å². The second kappa shape index (κ2) is 17.5. The first-order chi connectivity index (χ1) is 12.5. The van der Waals surface area contributed by atoms with Crippen LogP contribution in [0.2, 0.25) is 0 Å². The monoisotopic (exact) mass is 582 g/mol.